The Hall–Kier alpha value is -4.11. The van der Waals surface area contributed by atoms with Crippen molar-refractivity contribution in [2.24, 2.45) is 10.1 Å². The SMILES string of the molecule is CN1CCC[C@@H]1C1=NCc2cc(NC(=O)c3ccc4c(c3)C=NN(c3ccnnc3)C4)ccc2N1. The Kier molecular flexibility index (Phi) is 5.46. The Labute approximate surface area is 203 Å². The van der Waals surface area contributed by atoms with Crippen molar-refractivity contribution in [3.63, 3.8) is 0 Å². The van der Waals surface area contributed by atoms with Crippen LogP contribution < -0.4 is 15.6 Å². The molecule has 6 rings (SSSR count). The molecule has 1 fully saturated rings. The number of benzene rings is 2. The Morgan fingerprint density at radius 1 is 1.11 bits per heavy atom. The molecule has 1 aromatic heterocycles. The summed E-state index contributed by atoms with van der Waals surface area (Å²) >= 11 is 0. The predicted octanol–water partition coefficient (Wildman–Crippen LogP) is 3.50. The number of nitrogens with one attached hydrogen (secondary N) is 2. The van der Waals surface area contributed by atoms with Crippen molar-refractivity contribution in [1.82, 2.24) is 15.1 Å². The largest absolute Gasteiger partial charge is 0.342 e. The number of anilines is 3. The van der Waals surface area contributed by atoms with Crippen molar-refractivity contribution >= 4 is 35.0 Å². The highest BCUT2D eigenvalue weighted by Crippen LogP contribution is 2.28. The second kappa shape index (κ2) is 8.92. The lowest BCUT2D eigenvalue weighted by molar-refractivity contribution is 0.102. The number of hydrazone groups is 1. The number of carbonyl (C=O) groups excluding carboxylic acids is 1. The van der Waals surface area contributed by atoms with Crippen molar-refractivity contribution in [2.75, 3.05) is 29.2 Å². The van der Waals surface area contributed by atoms with Crippen LogP contribution in [0.4, 0.5) is 17.1 Å². The Bertz CT molecular complexity index is 1340. The maximum atomic E-state index is 13.0. The fourth-order valence-corrected chi connectivity index (χ4v) is 4.85. The lowest BCUT2D eigenvalue weighted by Gasteiger charge is -2.26. The molecule has 1 amide bonds. The third kappa shape index (κ3) is 4.26. The van der Waals surface area contributed by atoms with Crippen LogP contribution in [0.1, 0.15) is 39.9 Å². The molecule has 2 aromatic carbocycles. The highest BCUT2D eigenvalue weighted by Gasteiger charge is 2.28. The van der Waals surface area contributed by atoms with Gasteiger partial charge in [0, 0.05) is 22.5 Å². The van der Waals surface area contributed by atoms with Gasteiger partial charge in [-0.3, -0.25) is 19.7 Å². The highest BCUT2D eigenvalue weighted by molar-refractivity contribution is 6.06. The minimum Gasteiger partial charge on any atom is -0.342 e. The van der Waals surface area contributed by atoms with Gasteiger partial charge in [-0.25, -0.2) is 0 Å². The molecule has 0 unspecified atom stereocenters. The number of likely N-dealkylation sites (N-methyl/N-ethyl adjacent to an activating group) is 1. The third-order valence-electron chi connectivity index (χ3n) is 6.81. The van der Waals surface area contributed by atoms with Crippen LogP contribution in [-0.4, -0.2) is 52.7 Å². The topological polar surface area (TPSA) is 98.1 Å². The number of aromatic nitrogens is 2. The molecule has 0 bridgehead atoms. The summed E-state index contributed by atoms with van der Waals surface area (Å²) in [6, 6.07) is 13.9. The van der Waals surface area contributed by atoms with Gasteiger partial charge in [0.1, 0.15) is 5.84 Å². The van der Waals surface area contributed by atoms with Crippen LogP contribution in [0, 0.1) is 0 Å². The second-order valence-corrected chi connectivity index (χ2v) is 9.11. The summed E-state index contributed by atoms with van der Waals surface area (Å²) in [5.41, 5.74) is 6.39. The standard InChI is InChI=1S/C26H26N8O/c1-33-10-2-3-24(33)25-27-13-20-12-21(6-7-23(20)32-25)31-26(35)17-4-5-18-16-34(30-14-19(18)11-17)22-8-9-28-29-15-22/h4-9,11-12,14-15,24H,2-3,10,13,16H2,1H3,(H,27,32)(H,31,35)/t24-/m1/s1. The molecule has 176 valence electrons. The lowest BCUT2D eigenvalue weighted by Crippen LogP contribution is -2.38. The van der Waals surface area contributed by atoms with E-state index in [1.807, 2.05) is 47.5 Å². The zero-order valence-corrected chi connectivity index (χ0v) is 19.5. The van der Waals surface area contributed by atoms with Crippen LogP contribution in [0.2, 0.25) is 0 Å². The van der Waals surface area contributed by atoms with Crippen LogP contribution >= 0.6 is 0 Å². The van der Waals surface area contributed by atoms with Gasteiger partial charge >= 0.3 is 0 Å². The van der Waals surface area contributed by atoms with E-state index in [1.165, 1.54) is 6.42 Å². The lowest BCUT2D eigenvalue weighted by atomic mass is 10.0. The summed E-state index contributed by atoms with van der Waals surface area (Å²) in [7, 11) is 2.15. The van der Waals surface area contributed by atoms with Gasteiger partial charge in [0.2, 0.25) is 0 Å². The number of fused-ring (bicyclic) bond motifs is 2. The molecular formula is C26H26N8O. The minimum atomic E-state index is -0.151. The van der Waals surface area contributed by atoms with Crippen molar-refractivity contribution in [2.45, 2.75) is 32.0 Å². The number of carbonyl (C=O) groups is 1. The molecule has 0 spiro atoms. The quantitative estimate of drug-likeness (QED) is 0.611. The Morgan fingerprint density at radius 2 is 2.06 bits per heavy atom. The van der Waals surface area contributed by atoms with Crippen LogP contribution in [0.25, 0.3) is 0 Å². The number of amides is 1. The molecular weight excluding hydrogens is 440 g/mol. The van der Waals surface area contributed by atoms with Crippen LogP contribution in [0.5, 0.6) is 0 Å². The number of rotatable bonds is 4. The van der Waals surface area contributed by atoms with E-state index in [-0.39, 0.29) is 5.91 Å². The molecule has 1 atom stereocenters. The average molecular weight is 467 g/mol. The summed E-state index contributed by atoms with van der Waals surface area (Å²) in [6.07, 6.45) is 7.44. The Morgan fingerprint density at radius 3 is 2.89 bits per heavy atom. The summed E-state index contributed by atoms with van der Waals surface area (Å²) in [4.78, 5) is 20.1. The maximum absolute atomic E-state index is 13.0. The van der Waals surface area contributed by atoms with Crippen molar-refractivity contribution in [3.05, 3.63) is 77.1 Å². The van der Waals surface area contributed by atoms with Gasteiger partial charge in [-0.2, -0.15) is 15.3 Å². The fraction of sp³-hybridized carbons (Fsp3) is 0.269. The number of aliphatic imine (C=N–C) groups is 1. The van der Waals surface area contributed by atoms with Gasteiger partial charge in [0.15, 0.2) is 0 Å². The first-order chi connectivity index (χ1) is 17.1. The first-order valence-corrected chi connectivity index (χ1v) is 11.8. The molecule has 3 aliphatic heterocycles. The van der Waals surface area contributed by atoms with Crippen LogP contribution in [0.3, 0.4) is 0 Å². The number of hydrogen-bond acceptors (Lipinski definition) is 8. The molecule has 4 heterocycles. The van der Waals surface area contributed by atoms with Gasteiger partial charge in [-0.1, -0.05) is 6.07 Å². The molecule has 9 nitrogen and oxygen atoms in total. The maximum Gasteiger partial charge on any atom is 0.255 e. The van der Waals surface area contributed by atoms with Crippen molar-refractivity contribution < 1.29 is 4.79 Å². The molecule has 0 saturated carbocycles. The zero-order chi connectivity index (χ0) is 23.8. The van der Waals surface area contributed by atoms with Gasteiger partial charge < -0.3 is 10.6 Å². The second-order valence-electron chi connectivity index (χ2n) is 9.11. The molecule has 1 saturated heterocycles. The van der Waals surface area contributed by atoms with E-state index in [0.29, 0.717) is 24.7 Å². The van der Waals surface area contributed by atoms with Crippen molar-refractivity contribution in [1.29, 1.82) is 0 Å². The molecule has 35 heavy (non-hydrogen) atoms. The molecule has 2 N–H and O–H groups in total. The third-order valence-corrected chi connectivity index (χ3v) is 6.81. The average Bonchev–Trinajstić information content (AvgIpc) is 3.34. The first-order valence-electron chi connectivity index (χ1n) is 11.8. The minimum absolute atomic E-state index is 0.151. The van der Waals surface area contributed by atoms with E-state index in [9.17, 15) is 4.79 Å². The van der Waals surface area contributed by atoms with Gasteiger partial charge in [-0.15, -0.1) is 0 Å². The highest BCUT2D eigenvalue weighted by atomic mass is 16.1. The number of likely N-dealkylation sites (tertiary alicyclic amines) is 1. The van der Waals surface area contributed by atoms with Gasteiger partial charge in [0.25, 0.3) is 5.91 Å². The molecule has 0 radical (unpaired) electrons. The van der Waals surface area contributed by atoms with E-state index >= 15 is 0 Å². The van der Waals surface area contributed by atoms with E-state index in [2.05, 4.69) is 37.9 Å². The van der Waals surface area contributed by atoms with Crippen LogP contribution in [-0.2, 0) is 13.1 Å². The van der Waals surface area contributed by atoms with Gasteiger partial charge in [-0.05, 0) is 74.0 Å². The van der Waals surface area contributed by atoms with Gasteiger partial charge in [0.05, 0.1) is 43.4 Å². The van der Waals surface area contributed by atoms with E-state index in [1.54, 1.807) is 18.6 Å². The first kappa shape index (κ1) is 21.4. The molecule has 0 aliphatic carbocycles. The fourth-order valence-electron chi connectivity index (χ4n) is 4.85. The Balaban J connectivity index is 1.14. The molecule has 3 aromatic rings. The number of nitrogens with zero attached hydrogens (tertiary/aromatic N) is 6. The zero-order valence-electron chi connectivity index (χ0n) is 19.5. The normalized spacial score (nSPS) is 18.9. The smallest absolute Gasteiger partial charge is 0.255 e. The number of amidine groups is 1. The summed E-state index contributed by atoms with van der Waals surface area (Å²) in [5, 5.41) is 20.6. The number of hydrogen-bond donors (Lipinski definition) is 2. The van der Waals surface area contributed by atoms with Crippen molar-refractivity contribution in [3.8, 4) is 0 Å². The summed E-state index contributed by atoms with van der Waals surface area (Å²) < 4.78 is 0. The predicted molar refractivity (Wildman–Crippen MR) is 137 cm³/mol. The van der Waals surface area contributed by atoms with E-state index < -0.39 is 0 Å². The van der Waals surface area contributed by atoms with Crippen LogP contribution in [0.15, 0.2) is 65.0 Å². The summed E-state index contributed by atoms with van der Waals surface area (Å²) in [5.74, 6) is 0.895. The molecule has 9 heteroatoms. The molecule has 3 aliphatic rings. The summed E-state index contributed by atoms with van der Waals surface area (Å²) in [6.45, 7) is 2.33. The van der Waals surface area contributed by atoms with E-state index in [4.69, 9.17) is 4.99 Å². The monoisotopic (exact) mass is 466 g/mol. The van der Waals surface area contributed by atoms with E-state index in [0.717, 1.165) is 52.6 Å².